The predicted molar refractivity (Wildman–Crippen MR) is 85.0 cm³/mol. The van der Waals surface area contributed by atoms with Crippen LogP contribution < -0.4 is 5.73 Å². The number of nitrogens with zero attached hydrogens (tertiary/aromatic N) is 1. The van der Waals surface area contributed by atoms with E-state index in [1.54, 1.807) is 0 Å². The van der Waals surface area contributed by atoms with E-state index in [-0.39, 0.29) is 30.4 Å². The van der Waals surface area contributed by atoms with E-state index in [0.717, 1.165) is 25.8 Å². The van der Waals surface area contributed by atoms with Gasteiger partial charge in [-0.25, -0.2) is 0 Å². The first kappa shape index (κ1) is 17.0. The molecule has 0 aromatic heterocycles. The predicted octanol–water partition coefficient (Wildman–Crippen LogP) is 3.07. The smallest absolute Gasteiger partial charge is 0.224 e. The Hall–Kier alpha value is -1.06. The average Bonchev–Trinajstić information content (AvgIpc) is 2.78. The molecule has 0 fully saturated rings. The number of nitrogens with two attached hydrogens (primary N) is 1. The van der Waals surface area contributed by atoms with Gasteiger partial charge in [-0.15, -0.1) is 12.4 Å². The Morgan fingerprint density at radius 3 is 2.80 bits per heavy atom. The summed E-state index contributed by atoms with van der Waals surface area (Å²) in [5.41, 5.74) is 8.49. The molecule has 0 saturated carbocycles. The van der Waals surface area contributed by atoms with Gasteiger partial charge in [0.25, 0.3) is 0 Å². The third-order valence-electron chi connectivity index (χ3n) is 3.76. The van der Waals surface area contributed by atoms with E-state index in [1.807, 2.05) is 11.8 Å². The first-order valence-corrected chi connectivity index (χ1v) is 7.26. The van der Waals surface area contributed by atoms with Crippen LogP contribution in [0, 0.1) is 0 Å². The molecule has 4 heteroatoms. The molecular weight excluding hydrogens is 272 g/mol. The van der Waals surface area contributed by atoms with E-state index >= 15 is 0 Å². The molecule has 0 spiro atoms. The molecule has 0 heterocycles. The lowest BCUT2D eigenvalue weighted by atomic mass is 10.1. The molecule has 0 aliphatic heterocycles. The molecule has 2 rings (SSSR count). The molecule has 2 atom stereocenters. The van der Waals surface area contributed by atoms with Crippen molar-refractivity contribution in [2.75, 3.05) is 6.54 Å². The summed E-state index contributed by atoms with van der Waals surface area (Å²) in [4.78, 5) is 14.4. The fourth-order valence-corrected chi connectivity index (χ4v) is 2.95. The largest absolute Gasteiger partial charge is 0.336 e. The second-order valence-corrected chi connectivity index (χ2v) is 5.52. The molecule has 1 aliphatic rings. The van der Waals surface area contributed by atoms with Gasteiger partial charge in [0.05, 0.1) is 6.04 Å². The molecule has 0 saturated heterocycles. The zero-order valence-corrected chi connectivity index (χ0v) is 13.2. The topological polar surface area (TPSA) is 46.3 Å². The molecular formula is C16H25ClN2O. The quantitative estimate of drug-likeness (QED) is 0.907. The molecule has 0 radical (unpaired) electrons. The van der Waals surface area contributed by atoms with Crippen LogP contribution in [0.1, 0.15) is 50.3 Å². The maximum Gasteiger partial charge on any atom is 0.224 e. The van der Waals surface area contributed by atoms with E-state index in [9.17, 15) is 4.79 Å². The molecule has 1 aliphatic carbocycles. The number of carbonyl (C=O) groups excluding carboxylic acids is 1. The van der Waals surface area contributed by atoms with Crippen molar-refractivity contribution in [2.45, 2.75) is 51.6 Å². The Labute approximate surface area is 127 Å². The third-order valence-corrected chi connectivity index (χ3v) is 3.76. The summed E-state index contributed by atoms with van der Waals surface area (Å²) >= 11 is 0. The number of hydrogen-bond acceptors (Lipinski definition) is 2. The minimum Gasteiger partial charge on any atom is -0.336 e. The lowest BCUT2D eigenvalue weighted by Crippen LogP contribution is -2.37. The molecule has 2 N–H and O–H groups in total. The standard InChI is InChI=1S/C16H24N2O.ClH/c1-3-10-18(16(19)11-12(2)17)15-9-8-13-6-4-5-7-14(13)15;/h4-7,12,15H,3,8-11,17H2,1-2H3;1H. The average molecular weight is 297 g/mol. The van der Waals surface area contributed by atoms with Gasteiger partial charge in [0.1, 0.15) is 0 Å². The van der Waals surface area contributed by atoms with Crippen molar-refractivity contribution < 1.29 is 4.79 Å². The highest BCUT2D eigenvalue weighted by molar-refractivity contribution is 5.85. The summed E-state index contributed by atoms with van der Waals surface area (Å²) in [6, 6.07) is 8.67. The van der Waals surface area contributed by atoms with Crippen LogP contribution in [0.5, 0.6) is 0 Å². The third kappa shape index (κ3) is 3.74. The van der Waals surface area contributed by atoms with E-state index < -0.39 is 0 Å². The van der Waals surface area contributed by atoms with Gasteiger partial charge in [0, 0.05) is 19.0 Å². The minimum absolute atomic E-state index is 0. The van der Waals surface area contributed by atoms with Crippen LogP contribution in [-0.4, -0.2) is 23.4 Å². The number of aryl methyl sites for hydroxylation is 1. The molecule has 1 aromatic carbocycles. The first-order chi connectivity index (χ1) is 9.13. The summed E-state index contributed by atoms with van der Waals surface area (Å²) in [7, 11) is 0. The van der Waals surface area contributed by atoms with Crippen LogP contribution in [0.25, 0.3) is 0 Å². The van der Waals surface area contributed by atoms with Crippen molar-refractivity contribution in [3.05, 3.63) is 35.4 Å². The van der Waals surface area contributed by atoms with Crippen LogP contribution in [0.3, 0.4) is 0 Å². The summed E-state index contributed by atoms with van der Waals surface area (Å²) in [5, 5.41) is 0. The molecule has 0 bridgehead atoms. The van der Waals surface area contributed by atoms with E-state index in [4.69, 9.17) is 5.73 Å². The van der Waals surface area contributed by atoms with Gasteiger partial charge in [0.2, 0.25) is 5.91 Å². The van der Waals surface area contributed by atoms with Crippen molar-refractivity contribution in [2.24, 2.45) is 5.73 Å². The molecule has 2 unspecified atom stereocenters. The van der Waals surface area contributed by atoms with Crippen molar-refractivity contribution in [1.82, 2.24) is 4.90 Å². The van der Waals surface area contributed by atoms with Crippen molar-refractivity contribution >= 4 is 18.3 Å². The number of halogens is 1. The molecule has 1 amide bonds. The van der Waals surface area contributed by atoms with Crippen molar-refractivity contribution in [1.29, 1.82) is 0 Å². The van der Waals surface area contributed by atoms with Crippen LogP contribution in [0.15, 0.2) is 24.3 Å². The normalized spacial score (nSPS) is 18.1. The second kappa shape index (κ2) is 7.65. The van der Waals surface area contributed by atoms with Gasteiger partial charge in [-0.1, -0.05) is 31.2 Å². The van der Waals surface area contributed by atoms with Crippen molar-refractivity contribution in [3.8, 4) is 0 Å². The summed E-state index contributed by atoms with van der Waals surface area (Å²) in [5.74, 6) is 0.193. The number of hydrogen-bond donors (Lipinski definition) is 1. The minimum atomic E-state index is -0.0662. The van der Waals surface area contributed by atoms with Gasteiger partial charge in [0.15, 0.2) is 0 Å². The first-order valence-electron chi connectivity index (χ1n) is 7.26. The maximum absolute atomic E-state index is 12.4. The zero-order chi connectivity index (χ0) is 13.8. The number of fused-ring (bicyclic) bond motifs is 1. The number of amides is 1. The number of benzene rings is 1. The summed E-state index contributed by atoms with van der Waals surface area (Å²) < 4.78 is 0. The van der Waals surface area contributed by atoms with Gasteiger partial charge in [-0.05, 0) is 37.3 Å². The Morgan fingerprint density at radius 2 is 2.15 bits per heavy atom. The Morgan fingerprint density at radius 1 is 1.45 bits per heavy atom. The SMILES string of the molecule is CCCN(C(=O)CC(C)N)C1CCc2ccccc21.Cl. The fourth-order valence-electron chi connectivity index (χ4n) is 2.95. The van der Waals surface area contributed by atoms with Gasteiger partial charge >= 0.3 is 0 Å². The number of carbonyl (C=O) groups is 1. The maximum atomic E-state index is 12.4. The molecule has 112 valence electrons. The van der Waals surface area contributed by atoms with E-state index in [0.29, 0.717) is 6.42 Å². The van der Waals surface area contributed by atoms with Crippen LogP contribution in [0.2, 0.25) is 0 Å². The zero-order valence-electron chi connectivity index (χ0n) is 12.3. The summed E-state index contributed by atoms with van der Waals surface area (Å²) in [6.45, 7) is 4.84. The highest BCUT2D eigenvalue weighted by atomic mass is 35.5. The molecule has 20 heavy (non-hydrogen) atoms. The van der Waals surface area contributed by atoms with Crippen molar-refractivity contribution in [3.63, 3.8) is 0 Å². The van der Waals surface area contributed by atoms with Crippen LogP contribution in [-0.2, 0) is 11.2 Å². The Balaban J connectivity index is 0.00000200. The van der Waals surface area contributed by atoms with Gasteiger partial charge in [-0.2, -0.15) is 0 Å². The summed E-state index contributed by atoms with van der Waals surface area (Å²) in [6.07, 6.45) is 3.55. The van der Waals surface area contributed by atoms with E-state index in [1.165, 1.54) is 11.1 Å². The number of rotatable bonds is 5. The second-order valence-electron chi connectivity index (χ2n) is 5.52. The molecule has 3 nitrogen and oxygen atoms in total. The lowest BCUT2D eigenvalue weighted by Gasteiger charge is -2.30. The highest BCUT2D eigenvalue weighted by Crippen LogP contribution is 2.36. The highest BCUT2D eigenvalue weighted by Gasteiger charge is 2.30. The van der Waals surface area contributed by atoms with Gasteiger partial charge < -0.3 is 10.6 Å². The van der Waals surface area contributed by atoms with Crippen LogP contribution in [0.4, 0.5) is 0 Å². The van der Waals surface area contributed by atoms with Crippen LogP contribution >= 0.6 is 12.4 Å². The van der Waals surface area contributed by atoms with Gasteiger partial charge in [-0.3, -0.25) is 4.79 Å². The fraction of sp³-hybridized carbons (Fsp3) is 0.562. The molecule has 1 aromatic rings. The Bertz CT molecular complexity index is 448. The monoisotopic (exact) mass is 296 g/mol. The van der Waals surface area contributed by atoms with E-state index in [2.05, 4.69) is 31.2 Å². The lowest BCUT2D eigenvalue weighted by molar-refractivity contribution is -0.134. The Kier molecular flexibility index (Phi) is 6.50.